The highest BCUT2D eigenvalue weighted by molar-refractivity contribution is 5.79. The third-order valence-electron chi connectivity index (χ3n) is 3.80. The zero-order chi connectivity index (χ0) is 21.1. The molecule has 2 N–H and O–H groups in total. The summed E-state index contributed by atoms with van der Waals surface area (Å²) in [7, 11) is 1.38. The van der Waals surface area contributed by atoms with Crippen LogP contribution in [0.3, 0.4) is 0 Å². The summed E-state index contributed by atoms with van der Waals surface area (Å²) in [6, 6.07) is 6.63. The first kappa shape index (κ1) is 22.4. The molecule has 2 aromatic rings. The van der Waals surface area contributed by atoms with E-state index in [0.717, 1.165) is 25.1 Å². The molecule has 0 aliphatic heterocycles. The molecule has 7 nitrogen and oxygen atoms in total. The molecule has 0 radical (unpaired) electrons. The number of nitrogens with zero attached hydrogens (tertiary/aromatic N) is 3. The fourth-order valence-electron chi connectivity index (χ4n) is 2.48. The van der Waals surface area contributed by atoms with Crippen molar-refractivity contribution in [1.29, 1.82) is 0 Å². The van der Waals surface area contributed by atoms with E-state index in [0.29, 0.717) is 19.0 Å². The van der Waals surface area contributed by atoms with Crippen molar-refractivity contribution in [3.63, 3.8) is 0 Å². The second-order valence-electron chi connectivity index (χ2n) is 6.13. The lowest BCUT2D eigenvalue weighted by atomic mass is 10.2. The molecule has 0 aliphatic rings. The third-order valence-corrected chi connectivity index (χ3v) is 3.80. The van der Waals surface area contributed by atoms with Crippen LogP contribution in [0.15, 0.2) is 41.7 Å². The Kier molecular flexibility index (Phi) is 8.63. The van der Waals surface area contributed by atoms with E-state index in [1.165, 1.54) is 13.2 Å². The van der Waals surface area contributed by atoms with Crippen LogP contribution < -0.4 is 20.1 Å². The minimum Gasteiger partial charge on any atom is -0.493 e. The van der Waals surface area contributed by atoms with E-state index in [-0.39, 0.29) is 11.5 Å². The lowest BCUT2D eigenvalue weighted by molar-refractivity contribution is -0.153. The van der Waals surface area contributed by atoms with Crippen LogP contribution >= 0.6 is 0 Å². The summed E-state index contributed by atoms with van der Waals surface area (Å²) < 4.78 is 48.8. The summed E-state index contributed by atoms with van der Waals surface area (Å²) in [5.74, 6) is 0.935. The van der Waals surface area contributed by atoms with E-state index in [1.807, 2.05) is 23.9 Å². The molecule has 0 spiro atoms. The second-order valence-corrected chi connectivity index (χ2v) is 6.13. The predicted octanol–water partition coefficient (Wildman–Crippen LogP) is 2.98. The van der Waals surface area contributed by atoms with Crippen LogP contribution in [-0.4, -0.2) is 48.7 Å². The van der Waals surface area contributed by atoms with Crippen molar-refractivity contribution in [2.24, 2.45) is 4.99 Å². The third kappa shape index (κ3) is 8.32. The van der Waals surface area contributed by atoms with Crippen molar-refractivity contribution in [2.75, 3.05) is 26.8 Å². The highest BCUT2D eigenvalue weighted by Gasteiger charge is 2.29. The normalized spacial score (nSPS) is 12.0. The summed E-state index contributed by atoms with van der Waals surface area (Å²) >= 11 is 0. The average molecular weight is 413 g/mol. The Balaban J connectivity index is 1.91. The topological polar surface area (TPSA) is 72.7 Å². The van der Waals surface area contributed by atoms with Gasteiger partial charge in [-0.1, -0.05) is 6.07 Å². The number of guanidine groups is 1. The summed E-state index contributed by atoms with van der Waals surface area (Å²) in [5.41, 5.74) is 0.787. The first-order valence-corrected chi connectivity index (χ1v) is 9.27. The van der Waals surface area contributed by atoms with Crippen molar-refractivity contribution in [2.45, 2.75) is 32.6 Å². The van der Waals surface area contributed by atoms with Crippen LogP contribution in [0.25, 0.3) is 0 Å². The van der Waals surface area contributed by atoms with Gasteiger partial charge in [0.25, 0.3) is 0 Å². The fraction of sp³-hybridized carbons (Fsp3) is 0.474. The highest BCUT2D eigenvalue weighted by atomic mass is 19.4. The number of aliphatic imine (C=N–C) groups is 1. The maximum atomic E-state index is 12.3. The quantitative estimate of drug-likeness (QED) is 0.356. The molecule has 0 aliphatic carbocycles. The minimum atomic E-state index is -4.40. The number of hydrogen-bond donors (Lipinski definition) is 2. The van der Waals surface area contributed by atoms with Gasteiger partial charge in [0.1, 0.15) is 0 Å². The first-order chi connectivity index (χ1) is 13.9. The number of alkyl halides is 3. The van der Waals surface area contributed by atoms with Crippen molar-refractivity contribution in [3.05, 3.63) is 42.2 Å². The molecule has 0 saturated carbocycles. The van der Waals surface area contributed by atoms with E-state index in [4.69, 9.17) is 9.47 Å². The Bertz CT molecular complexity index is 764. The molecule has 0 bridgehead atoms. The Morgan fingerprint density at radius 3 is 2.72 bits per heavy atom. The molecule has 2 rings (SSSR count). The van der Waals surface area contributed by atoms with Gasteiger partial charge in [-0.3, -0.25) is 4.68 Å². The van der Waals surface area contributed by atoms with E-state index in [9.17, 15) is 13.2 Å². The van der Waals surface area contributed by atoms with Gasteiger partial charge < -0.3 is 20.1 Å². The van der Waals surface area contributed by atoms with Gasteiger partial charge in [-0.15, -0.1) is 0 Å². The zero-order valence-corrected chi connectivity index (χ0v) is 16.5. The number of nitrogens with one attached hydrogen (secondary N) is 2. The smallest absolute Gasteiger partial charge is 0.422 e. The minimum absolute atomic E-state index is 0.0428. The number of halogens is 3. The Morgan fingerprint density at radius 1 is 1.24 bits per heavy atom. The monoisotopic (exact) mass is 413 g/mol. The van der Waals surface area contributed by atoms with Crippen LogP contribution in [0.2, 0.25) is 0 Å². The second kappa shape index (κ2) is 11.2. The zero-order valence-electron chi connectivity index (χ0n) is 16.5. The van der Waals surface area contributed by atoms with Crippen LogP contribution in [0, 0.1) is 0 Å². The molecule has 29 heavy (non-hydrogen) atoms. The molecule has 0 atom stereocenters. The van der Waals surface area contributed by atoms with Crippen molar-refractivity contribution in [1.82, 2.24) is 20.4 Å². The van der Waals surface area contributed by atoms with Crippen LogP contribution in [0.1, 0.15) is 18.9 Å². The largest absolute Gasteiger partial charge is 0.493 e. The van der Waals surface area contributed by atoms with E-state index in [1.54, 1.807) is 18.3 Å². The molecule has 0 unspecified atom stereocenters. The summed E-state index contributed by atoms with van der Waals surface area (Å²) in [4.78, 5) is 4.50. The molecule has 160 valence electrons. The number of aryl methyl sites for hydroxylation is 1. The summed E-state index contributed by atoms with van der Waals surface area (Å²) in [5, 5.41) is 10.6. The molecule has 1 aromatic carbocycles. The van der Waals surface area contributed by atoms with E-state index >= 15 is 0 Å². The number of methoxy groups -OCH3 is 1. The van der Waals surface area contributed by atoms with Gasteiger partial charge in [0, 0.05) is 32.0 Å². The molecular weight excluding hydrogens is 387 g/mol. The van der Waals surface area contributed by atoms with E-state index < -0.39 is 12.8 Å². The van der Waals surface area contributed by atoms with Crippen molar-refractivity contribution < 1.29 is 22.6 Å². The molecular formula is C19H26F3N5O2. The molecule has 1 aromatic heterocycles. The van der Waals surface area contributed by atoms with Gasteiger partial charge in [-0.05, 0) is 37.1 Å². The van der Waals surface area contributed by atoms with Crippen LogP contribution in [0.4, 0.5) is 13.2 Å². The maximum Gasteiger partial charge on any atom is 0.422 e. The van der Waals surface area contributed by atoms with Crippen LogP contribution in [-0.2, 0) is 13.1 Å². The Morgan fingerprint density at radius 2 is 2.07 bits per heavy atom. The fourth-order valence-corrected chi connectivity index (χ4v) is 2.48. The number of hydrogen-bond acceptors (Lipinski definition) is 4. The number of rotatable bonds is 10. The maximum absolute atomic E-state index is 12.3. The lowest BCUT2D eigenvalue weighted by Gasteiger charge is -2.14. The highest BCUT2D eigenvalue weighted by Crippen LogP contribution is 2.30. The Hall–Kier alpha value is -2.91. The van der Waals surface area contributed by atoms with Gasteiger partial charge in [0.2, 0.25) is 0 Å². The Labute approximate surface area is 167 Å². The number of ether oxygens (including phenoxy) is 2. The van der Waals surface area contributed by atoms with Gasteiger partial charge in [-0.25, -0.2) is 4.99 Å². The van der Waals surface area contributed by atoms with E-state index in [2.05, 4.69) is 20.7 Å². The van der Waals surface area contributed by atoms with Gasteiger partial charge in [-0.2, -0.15) is 18.3 Å². The first-order valence-electron chi connectivity index (χ1n) is 9.27. The average Bonchev–Trinajstić information content (AvgIpc) is 3.20. The SMILES string of the molecule is CCNC(=NCc1ccc(OCC(F)(F)F)c(OC)c1)NCCCn1cccn1. The van der Waals surface area contributed by atoms with Crippen LogP contribution in [0.5, 0.6) is 11.5 Å². The molecule has 0 amide bonds. The summed E-state index contributed by atoms with van der Waals surface area (Å²) in [6.07, 6.45) is 0.129. The summed E-state index contributed by atoms with van der Waals surface area (Å²) in [6.45, 7) is 3.17. The van der Waals surface area contributed by atoms with Crippen molar-refractivity contribution >= 4 is 5.96 Å². The predicted molar refractivity (Wildman–Crippen MR) is 104 cm³/mol. The van der Waals surface area contributed by atoms with Crippen molar-refractivity contribution in [3.8, 4) is 11.5 Å². The van der Waals surface area contributed by atoms with Gasteiger partial charge in [0.05, 0.1) is 13.7 Å². The molecule has 0 fully saturated rings. The lowest BCUT2D eigenvalue weighted by Crippen LogP contribution is -2.38. The van der Waals surface area contributed by atoms with Gasteiger partial charge >= 0.3 is 6.18 Å². The molecule has 10 heteroatoms. The number of benzene rings is 1. The molecule has 1 heterocycles. The van der Waals surface area contributed by atoms with Gasteiger partial charge in [0.15, 0.2) is 24.1 Å². The standard InChI is InChI=1S/C19H26F3N5O2/c1-3-23-18(24-8-4-10-27-11-5-9-26-27)25-13-15-6-7-16(17(12-15)28-2)29-14-19(20,21)22/h5-7,9,11-12H,3-4,8,10,13-14H2,1-2H3,(H2,23,24,25). The molecule has 0 saturated heterocycles. The number of aromatic nitrogens is 2.